The van der Waals surface area contributed by atoms with E-state index in [0.717, 1.165) is 45.0 Å². The smallest absolute Gasteiger partial charge is 0.137 e. The molecule has 0 amide bonds. The number of fused-ring (bicyclic) bond motifs is 1. The number of β-amino-alcohol motifs (C(OH)–C–C–N with tert-alkyl or cyclic N) is 1. The van der Waals surface area contributed by atoms with E-state index in [2.05, 4.69) is 32.3 Å². The Morgan fingerprint density at radius 1 is 1.21 bits per heavy atom. The Morgan fingerprint density at radius 2 is 2.16 bits per heavy atom. The quantitative estimate of drug-likeness (QED) is 0.928. The monoisotopic (exact) mass is 277 g/mol. The molecule has 1 aliphatic heterocycles. The minimum Gasteiger partial charge on any atom is -0.395 e. The summed E-state index contributed by atoms with van der Waals surface area (Å²) in [6.07, 6.45) is 3.03. The van der Waals surface area contributed by atoms with Crippen LogP contribution in [0.15, 0.2) is 23.7 Å². The second-order valence-electron chi connectivity index (χ2n) is 4.87. The van der Waals surface area contributed by atoms with Gasteiger partial charge in [0, 0.05) is 42.5 Å². The van der Waals surface area contributed by atoms with Crippen LogP contribution in [0.3, 0.4) is 0 Å². The third kappa shape index (κ3) is 2.73. The van der Waals surface area contributed by atoms with Crippen LogP contribution in [0.4, 0.5) is 5.82 Å². The predicted molar refractivity (Wildman–Crippen MR) is 80.0 cm³/mol. The molecule has 19 heavy (non-hydrogen) atoms. The van der Waals surface area contributed by atoms with Crippen LogP contribution in [0.25, 0.3) is 10.1 Å². The van der Waals surface area contributed by atoms with Crippen molar-refractivity contribution in [3.8, 4) is 0 Å². The van der Waals surface area contributed by atoms with Crippen molar-refractivity contribution in [2.75, 3.05) is 44.2 Å². The highest BCUT2D eigenvalue weighted by atomic mass is 32.1. The first-order valence-electron chi connectivity index (χ1n) is 6.79. The van der Waals surface area contributed by atoms with Crippen molar-refractivity contribution in [3.63, 3.8) is 0 Å². The number of hydrogen-bond donors (Lipinski definition) is 1. The molecular weight excluding hydrogens is 258 g/mol. The average Bonchev–Trinajstić information content (AvgIpc) is 2.79. The summed E-state index contributed by atoms with van der Waals surface area (Å²) in [6, 6.07) is 4.25. The Labute approximate surface area is 117 Å². The SMILES string of the molecule is OCCN1CCCN(c2nccc3sccc23)CC1. The van der Waals surface area contributed by atoms with E-state index in [4.69, 9.17) is 5.11 Å². The molecule has 5 heteroatoms. The summed E-state index contributed by atoms with van der Waals surface area (Å²) in [5.74, 6) is 1.12. The van der Waals surface area contributed by atoms with Gasteiger partial charge in [0.25, 0.3) is 0 Å². The van der Waals surface area contributed by atoms with E-state index in [1.54, 1.807) is 11.3 Å². The number of pyridine rings is 1. The van der Waals surface area contributed by atoms with E-state index in [0.29, 0.717) is 0 Å². The van der Waals surface area contributed by atoms with Gasteiger partial charge in [0.05, 0.1) is 6.61 Å². The lowest BCUT2D eigenvalue weighted by atomic mass is 10.3. The van der Waals surface area contributed by atoms with E-state index in [1.165, 1.54) is 10.1 Å². The standard InChI is InChI=1S/C14H19N3OS/c18-10-9-16-5-1-6-17(8-7-16)14-12-3-11-19-13(12)2-4-15-14/h2-4,11,18H,1,5-10H2. The molecule has 0 unspecified atom stereocenters. The van der Waals surface area contributed by atoms with Crippen LogP contribution in [-0.4, -0.2) is 54.3 Å². The lowest BCUT2D eigenvalue weighted by Crippen LogP contribution is -2.32. The number of nitrogens with zero attached hydrogens (tertiary/aromatic N) is 3. The summed E-state index contributed by atoms with van der Waals surface area (Å²) in [6.45, 7) is 5.13. The van der Waals surface area contributed by atoms with E-state index < -0.39 is 0 Å². The fraction of sp³-hybridized carbons (Fsp3) is 0.500. The third-order valence-electron chi connectivity index (χ3n) is 3.66. The largest absolute Gasteiger partial charge is 0.395 e. The summed E-state index contributed by atoms with van der Waals surface area (Å²) in [5, 5.41) is 12.4. The first kappa shape index (κ1) is 12.8. The minimum atomic E-state index is 0.248. The Balaban J connectivity index is 1.80. The maximum atomic E-state index is 9.04. The van der Waals surface area contributed by atoms with Crippen molar-refractivity contribution in [2.45, 2.75) is 6.42 Å². The molecule has 0 spiro atoms. The lowest BCUT2D eigenvalue weighted by molar-refractivity contribution is 0.204. The fourth-order valence-corrected chi connectivity index (χ4v) is 3.46. The van der Waals surface area contributed by atoms with Gasteiger partial charge >= 0.3 is 0 Å². The number of aliphatic hydroxyl groups excluding tert-OH is 1. The van der Waals surface area contributed by atoms with Gasteiger partial charge in [-0.3, -0.25) is 4.90 Å². The number of aliphatic hydroxyl groups is 1. The number of hydrogen-bond acceptors (Lipinski definition) is 5. The molecule has 0 aromatic carbocycles. The molecule has 0 atom stereocenters. The number of rotatable bonds is 3. The molecule has 102 valence electrons. The van der Waals surface area contributed by atoms with Crippen LogP contribution >= 0.6 is 11.3 Å². The molecule has 0 radical (unpaired) electrons. The molecule has 0 aliphatic carbocycles. The van der Waals surface area contributed by atoms with Crippen LogP contribution in [0.5, 0.6) is 0 Å². The number of anilines is 1. The van der Waals surface area contributed by atoms with Gasteiger partial charge in [-0.05, 0) is 30.5 Å². The summed E-state index contributed by atoms with van der Waals surface area (Å²) in [7, 11) is 0. The van der Waals surface area contributed by atoms with Gasteiger partial charge < -0.3 is 10.0 Å². The molecular formula is C14H19N3OS. The molecule has 3 heterocycles. The molecule has 4 nitrogen and oxygen atoms in total. The van der Waals surface area contributed by atoms with Gasteiger partial charge in [-0.15, -0.1) is 11.3 Å². The summed E-state index contributed by atoms with van der Waals surface area (Å²) >= 11 is 1.77. The highest BCUT2D eigenvalue weighted by Gasteiger charge is 2.17. The zero-order valence-electron chi connectivity index (χ0n) is 11.0. The predicted octanol–water partition coefficient (Wildman–Crippen LogP) is 1.80. The van der Waals surface area contributed by atoms with Crippen molar-refractivity contribution < 1.29 is 5.11 Å². The number of aromatic nitrogens is 1. The number of thiophene rings is 1. The molecule has 0 bridgehead atoms. The van der Waals surface area contributed by atoms with Crippen molar-refractivity contribution in [1.29, 1.82) is 0 Å². The first-order valence-corrected chi connectivity index (χ1v) is 7.67. The Morgan fingerprint density at radius 3 is 3.05 bits per heavy atom. The molecule has 1 fully saturated rings. The maximum Gasteiger partial charge on any atom is 0.137 e. The second kappa shape index (κ2) is 5.86. The summed E-state index contributed by atoms with van der Waals surface area (Å²) < 4.78 is 1.31. The summed E-state index contributed by atoms with van der Waals surface area (Å²) in [4.78, 5) is 9.29. The molecule has 2 aromatic heterocycles. The van der Waals surface area contributed by atoms with E-state index >= 15 is 0 Å². The highest BCUT2D eigenvalue weighted by molar-refractivity contribution is 7.17. The second-order valence-corrected chi connectivity index (χ2v) is 5.82. The van der Waals surface area contributed by atoms with E-state index in [1.807, 2.05) is 6.20 Å². The van der Waals surface area contributed by atoms with Gasteiger partial charge in [-0.25, -0.2) is 4.98 Å². The Kier molecular flexibility index (Phi) is 3.96. The van der Waals surface area contributed by atoms with Crippen LogP contribution in [0, 0.1) is 0 Å². The molecule has 2 aromatic rings. The van der Waals surface area contributed by atoms with Gasteiger partial charge in [0.15, 0.2) is 0 Å². The van der Waals surface area contributed by atoms with Gasteiger partial charge in [0.2, 0.25) is 0 Å². The van der Waals surface area contributed by atoms with Crippen molar-refractivity contribution in [1.82, 2.24) is 9.88 Å². The van der Waals surface area contributed by atoms with Gasteiger partial charge in [-0.2, -0.15) is 0 Å². The Hall–Kier alpha value is -1.17. The Bertz CT molecular complexity index is 542. The highest BCUT2D eigenvalue weighted by Crippen LogP contribution is 2.28. The van der Waals surface area contributed by atoms with Crippen LogP contribution < -0.4 is 4.90 Å². The zero-order chi connectivity index (χ0) is 13.1. The van der Waals surface area contributed by atoms with Gasteiger partial charge in [-0.1, -0.05) is 0 Å². The van der Waals surface area contributed by atoms with Crippen molar-refractivity contribution >= 4 is 27.2 Å². The third-order valence-corrected chi connectivity index (χ3v) is 4.55. The van der Waals surface area contributed by atoms with E-state index in [9.17, 15) is 0 Å². The molecule has 3 rings (SSSR count). The van der Waals surface area contributed by atoms with Crippen LogP contribution in [0.2, 0.25) is 0 Å². The molecule has 1 saturated heterocycles. The summed E-state index contributed by atoms with van der Waals surface area (Å²) in [5.41, 5.74) is 0. The molecule has 1 N–H and O–H groups in total. The van der Waals surface area contributed by atoms with E-state index in [-0.39, 0.29) is 6.61 Å². The van der Waals surface area contributed by atoms with Crippen molar-refractivity contribution in [3.05, 3.63) is 23.7 Å². The lowest BCUT2D eigenvalue weighted by Gasteiger charge is -2.23. The first-order chi connectivity index (χ1) is 9.38. The normalized spacial score (nSPS) is 17.8. The van der Waals surface area contributed by atoms with Gasteiger partial charge in [0.1, 0.15) is 5.82 Å². The molecule has 0 saturated carbocycles. The minimum absolute atomic E-state index is 0.248. The van der Waals surface area contributed by atoms with Crippen molar-refractivity contribution in [2.24, 2.45) is 0 Å². The maximum absolute atomic E-state index is 9.04. The molecule has 1 aliphatic rings. The topological polar surface area (TPSA) is 39.6 Å². The van der Waals surface area contributed by atoms with Crippen LogP contribution in [0.1, 0.15) is 6.42 Å². The zero-order valence-corrected chi connectivity index (χ0v) is 11.8. The van der Waals surface area contributed by atoms with Crippen LogP contribution in [-0.2, 0) is 0 Å². The fourth-order valence-electron chi connectivity index (χ4n) is 2.68. The average molecular weight is 277 g/mol.